The van der Waals surface area contributed by atoms with Crippen LogP contribution in [0.4, 0.5) is 0 Å². The number of amides is 1. The average Bonchev–Trinajstić information content (AvgIpc) is 2.45. The Morgan fingerprint density at radius 3 is 2.62 bits per heavy atom. The van der Waals surface area contributed by atoms with Gasteiger partial charge in [-0.05, 0) is 6.92 Å². The molecule has 0 N–H and O–H groups in total. The van der Waals surface area contributed by atoms with Crippen LogP contribution in [0, 0.1) is 0 Å². The number of rotatable bonds is 1. The predicted octanol–water partition coefficient (Wildman–Crippen LogP) is 0.456. The summed E-state index contributed by atoms with van der Waals surface area (Å²) in [5.74, 6) is 0.184. The van der Waals surface area contributed by atoms with Crippen LogP contribution in [0.3, 0.4) is 0 Å². The molecule has 0 aromatic carbocycles. The first-order valence-corrected chi connectivity index (χ1v) is 3.14. The Hall–Kier alpha value is -0.240. The molecule has 1 aliphatic rings. The first-order valence-electron chi connectivity index (χ1n) is 2.61. The van der Waals surface area contributed by atoms with Gasteiger partial charge >= 0.3 is 0 Å². The monoisotopic (exact) mass is 133 g/mol. The number of carbonyl (C=O) groups is 1. The molecule has 1 fully saturated rings. The molecule has 0 aromatic rings. The van der Waals surface area contributed by atoms with E-state index in [-0.39, 0.29) is 11.8 Å². The van der Waals surface area contributed by atoms with Crippen molar-refractivity contribution in [1.29, 1.82) is 0 Å². The van der Waals surface area contributed by atoms with Gasteiger partial charge in [0.2, 0.25) is 5.91 Å². The van der Waals surface area contributed by atoms with E-state index in [1.165, 1.54) is 0 Å². The van der Waals surface area contributed by atoms with E-state index in [1.54, 1.807) is 4.90 Å². The Balaban J connectivity index is 2.28. The van der Waals surface area contributed by atoms with Gasteiger partial charge in [-0.3, -0.25) is 4.79 Å². The lowest BCUT2D eigenvalue weighted by Gasteiger charge is -1.93. The van der Waals surface area contributed by atoms with E-state index in [1.807, 2.05) is 6.92 Å². The summed E-state index contributed by atoms with van der Waals surface area (Å²) in [7, 11) is 0. The number of halogens is 1. The van der Waals surface area contributed by atoms with Crippen molar-refractivity contribution in [3.8, 4) is 0 Å². The highest BCUT2D eigenvalue weighted by Crippen LogP contribution is 2.15. The van der Waals surface area contributed by atoms with Crippen molar-refractivity contribution in [2.75, 3.05) is 12.4 Å². The maximum atomic E-state index is 10.6. The second kappa shape index (κ2) is 1.94. The van der Waals surface area contributed by atoms with Gasteiger partial charge in [0.15, 0.2) is 0 Å². The van der Waals surface area contributed by atoms with Gasteiger partial charge in [0.05, 0.1) is 0 Å². The second-order valence-electron chi connectivity index (χ2n) is 2.03. The summed E-state index contributed by atoms with van der Waals surface area (Å²) in [5.41, 5.74) is 0. The smallest absolute Gasteiger partial charge is 0.237 e. The van der Waals surface area contributed by atoms with Gasteiger partial charge in [-0.2, -0.15) is 0 Å². The summed E-state index contributed by atoms with van der Waals surface area (Å²) >= 11 is 5.26. The molecule has 1 amide bonds. The largest absolute Gasteiger partial charge is 0.335 e. The summed E-state index contributed by atoms with van der Waals surface area (Å²) in [6.07, 6.45) is 0. The molecule has 0 aromatic heterocycles. The number of carbonyl (C=O) groups excluding carboxylic acids is 1. The van der Waals surface area contributed by atoms with E-state index in [0.717, 1.165) is 6.54 Å². The molecular weight excluding hydrogens is 126 g/mol. The van der Waals surface area contributed by atoms with Crippen LogP contribution in [0.2, 0.25) is 0 Å². The average molecular weight is 134 g/mol. The van der Waals surface area contributed by atoms with Crippen LogP contribution in [0.1, 0.15) is 6.92 Å². The maximum Gasteiger partial charge on any atom is 0.237 e. The zero-order valence-electron chi connectivity index (χ0n) is 4.72. The Bertz CT molecular complexity index is 115. The molecule has 1 saturated heterocycles. The third-order valence-electron chi connectivity index (χ3n) is 1.29. The molecule has 8 heavy (non-hydrogen) atoms. The number of nitrogens with zero attached hydrogens (tertiary/aromatic N) is 1. The van der Waals surface area contributed by atoms with Gasteiger partial charge in [-0.15, -0.1) is 11.6 Å². The first kappa shape index (κ1) is 5.89. The number of hydrogen-bond acceptors (Lipinski definition) is 1. The Morgan fingerprint density at radius 2 is 2.50 bits per heavy atom. The van der Waals surface area contributed by atoms with Gasteiger partial charge in [-0.1, -0.05) is 0 Å². The minimum absolute atomic E-state index is 0.0548. The fourth-order valence-electron chi connectivity index (χ4n) is 0.662. The summed E-state index contributed by atoms with van der Waals surface area (Å²) in [4.78, 5) is 12.3. The van der Waals surface area contributed by atoms with E-state index < -0.39 is 0 Å². The minimum Gasteiger partial charge on any atom is -0.335 e. The molecule has 1 aliphatic heterocycles. The van der Waals surface area contributed by atoms with Crippen LogP contribution in [-0.4, -0.2) is 29.3 Å². The van der Waals surface area contributed by atoms with Crippen LogP contribution in [0.25, 0.3) is 0 Å². The van der Waals surface area contributed by atoms with Crippen LogP contribution in [0.5, 0.6) is 0 Å². The van der Waals surface area contributed by atoms with Crippen LogP contribution < -0.4 is 0 Å². The van der Waals surface area contributed by atoms with Crippen molar-refractivity contribution >= 4 is 17.5 Å². The minimum atomic E-state index is 0.0548. The van der Waals surface area contributed by atoms with E-state index in [0.29, 0.717) is 6.04 Å². The van der Waals surface area contributed by atoms with Gasteiger partial charge in [0, 0.05) is 12.6 Å². The standard InChI is InChI=1S/C5H8ClNO/c1-4-3-7(4)5(8)2-6/h4H,2-3H2,1H3. The molecule has 1 heterocycles. The Labute approximate surface area is 53.4 Å². The molecule has 0 radical (unpaired) electrons. The Kier molecular flexibility index (Phi) is 1.43. The van der Waals surface area contributed by atoms with E-state index in [4.69, 9.17) is 11.6 Å². The first-order chi connectivity index (χ1) is 3.75. The zero-order valence-corrected chi connectivity index (χ0v) is 5.48. The summed E-state index contributed by atoms with van der Waals surface area (Å²) in [6, 6.07) is 0.446. The lowest BCUT2D eigenvalue weighted by Crippen LogP contribution is -2.12. The van der Waals surface area contributed by atoms with Crippen molar-refractivity contribution in [3.63, 3.8) is 0 Å². The molecule has 0 saturated carbocycles. The number of hydrogen-bond donors (Lipinski definition) is 0. The van der Waals surface area contributed by atoms with Crippen molar-refractivity contribution in [3.05, 3.63) is 0 Å². The third-order valence-corrected chi connectivity index (χ3v) is 1.52. The molecular formula is C5H8ClNO. The quantitative estimate of drug-likeness (QED) is 0.376. The van der Waals surface area contributed by atoms with Crippen molar-refractivity contribution in [1.82, 2.24) is 4.90 Å². The van der Waals surface area contributed by atoms with Gasteiger partial charge in [0.1, 0.15) is 5.88 Å². The summed E-state index contributed by atoms with van der Waals surface area (Å²) < 4.78 is 0. The summed E-state index contributed by atoms with van der Waals surface area (Å²) in [5, 5.41) is 0. The molecule has 3 heteroatoms. The van der Waals surface area contributed by atoms with Crippen molar-refractivity contribution in [2.24, 2.45) is 0 Å². The topological polar surface area (TPSA) is 20.1 Å². The fourth-order valence-corrected chi connectivity index (χ4v) is 0.815. The van der Waals surface area contributed by atoms with Crippen molar-refractivity contribution < 1.29 is 4.79 Å². The molecule has 0 spiro atoms. The molecule has 0 bridgehead atoms. The summed E-state index contributed by atoms with van der Waals surface area (Å²) in [6.45, 7) is 2.90. The zero-order chi connectivity index (χ0) is 6.15. The van der Waals surface area contributed by atoms with E-state index in [2.05, 4.69) is 0 Å². The normalized spacial score (nSPS) is 25.8. The molecule has 0 aliphatic carbocycles. The highest BCUT2D eigenvalue weighted by atomic mass is 35.5. The highest BCUT2D eigenvalue weighted by Gasteiger charge is 2.32. The Morgan fingerprint density at radius 1 is 2.00 bits per heavy atom. The van der Waals surface area contributed by atoms with Crippen molar-refractivity contribution in [2.45, 2.75) is 13.0 Å². The molecule has 46 valence electrons. The van der Waals surface area contributed by atoms with Gasteiger partial charge in [0.25, 0.3) is 0 Å². The van der Waals surface area contributed by atoms with E-state index in [9.17, 15) is 4.79 Å². The molecule has 2 nitrogen and oxygen atoms in total. The van der Waals surface area contributed by atoms with Crippen LogP contribution >= 0.6 is 11.6 Å². The maximum absolute atomic E-state index is 10.6. The molecule has 1 unspecified atom stereocenters. The SMILES string of the molecule is CC1CN1C(=O)CCl. The molecule has 1 atom stereocenters. The second-order valence-corrected chi connectivity index (χ2v) is 2.30. The van der Waals surface area contributed by atoms with E-state index >= 15 is 0 Å². The molecule has 1 rings (SSSR count). The lowest BCUT2D eigenvalue weighted by atomic mass is 10.6. The highest BCUT2D eigenvalue weighted by molar-refractivity contribution is 6.27. The van der Waals surface area contributed by atoms with Gasteiger partial charge < -0.3 is 4.90 Å². The lowest BCUT2D eigenvalue weighted by molar-refractivity contribution is -0.123. The number of alkyl halides is 1. The van der Waals surface area contributed by atoms with Crippen LogP contribution in [-0.2, 0) is 4.79 Å². The predicted molar refractivity (Wildman–Crippen MR) is 31.9 cm³/mol. The van der Waals surface area contributed by atoms with Gasteiger partial charge in [-0.25, -0.2) is 0 Å². The fraction of sp³-hybridized carbons (Fsp3) is 0.800. The van der Waals surface area contributed by atoms with Crippen LogP contribution in [0.15, 0.2) is 0 Å². The third kappa shape index (κ3) is 0.944.